The van der Waals surface area contributed by atoms with Crippen LogP contribution in [0.3, 0.4) is 0 Å². The Morgan fingerprint density at radius 2 is 1.97 bits per heavy atom. The lowest BCUT2D eigenvalue weighted by Crippen LogP contribution is -2.27. The van der Waals surface area contributed by atoms with Crippen LogP contribution in [0, 0.1) is 11.3 Å². The molecule has 158 valence electrons. The molecule has 4 rings (SSSR count). The summed E-state index contributed by atoms with van der Waals surface area (Å²) in [5.41, 5.74) is 2.62. The van der Waals surface area contributed by atoms with Gasteiger partial charge in [0.15, 0.2) is 11.6 Å². The fourth-order valence-electron chi connectivity index (χ4n) is 3.16. The summed E-state index contributed by atoms with van der Waals surface area (Å²) in [5.74, 6) is 1.02. The molecule has 0 radical (unpaired) electrons. The topological polar surface area (TPSA) is 121 Å². The molecule has 32 heavy (non-hydrogen) atoms. The molecule has 0 fully saturated rings. The highest BCUT2D eigenvalue weighted by atomic mass is 16.1. The van der Waals surface area contributed by atoms with Crippen molar-refractivity contribution in [2.75, 3.05) is 5.32 Å². The number of aromatic nitrogens is 5. The number of benzene rings is 2. The second kappa shape index (κ2) is 9.49. The van der Waals surface area contributed by atoms with E-state index in [4.69, 9.17) is 0 Å². The van der Waals surface area contributed by atoms with Gasteiger partial charge in [-0.3, -0.25) is 4.79 Å². The van der Waals surface area contributed by atoms with Crippen LogP contribution in [0.4, 0.5) is 5.69 Å². The van der Waals surface area contributed by atoms with Crippen molar-refractivity contribution >= 4 is 11.6 Å². The molecule has 9 heteroatoms. The van der Waals surface area contributed by atoms with Gasteiger partial charge in [-0.1, -0.05) is 36.4 Å². The summed E-state index contributed by atoms with van der Waals surface area (Å²) in [5, 5.41) is 23.9. The maximum Gasteiger partial charge on any atom is 0.252 e. The van der Waals surface area contributed by atoms with E-state index in [-0.39, 0.29) is 5.91 Å². The maximum absolute atomic E-state index is 12.7. The molecule has 1 atom stereocenters. The third-order valence-electron chi connectivity index (χ3n) is 4.89. The molecule has 1 amide bonds. The van der Waals surface area contributed by atoms with E-state index in [1.807, 2.05) is 48.0 Å². The molecule has 0 unspecified atom stereocenters. The zero-order valence-electron chi connectivity index (χ0n) is 17.3. The Balaban J connectivity index is 1.43. The van der Waals surface area contributed by atoms with Crippen molar-refractivity contribution in [2.24, 2.45) is 7.05 Å². The lowest BCUT2D eigenvalue weighted by Gasteiger charge is -2.13. The van der Waals surface area contributed by atoms with Crippen LogP contribution in [0.25, 0.3) is 11.5 Å². The molecule has 0 bridgehead atoms. The highest BCUT2D eigenvalue weighted by molar-refractivity contribution is 5.95. The van der Waals surface area contributed by atoms with E-state index in [9.17, 15) is 10.1 Å². The normalized spacial score (nSPS) is 11.4. The van der Waals surface area contributed by atoms with E-state index in [2.05, 4.69) is 36.9 Å². The number of rotatable bonds is 7. The first-order chi connectivity index (χ1) is 15.7. The van der Waals surface area contributed by atoms with Crippen molar-refractivity contribution in [3.63, 3.8) is 0 Å². The lowest BCUT2D eigenvalue weighted by molar-refractivity contribution is 0.0945. The van der Waals surface area contributed by atoms with Gasteiger partial charge in [0.2, 0.25) is 0 Å². The third kappa shape index (κ3) is 4.60. The first-order valence-electron chi connectivity index (χ1n) is 9.89. The molecule has 0 saturated heterocycles. The lowest BCUT2D eigenvalue weighted by atomic mass is 10.1. The van der Waals surface area contributed by atoms with Gasteiger partial charge in [-0.15, -0.1) is 10.2 Å². The van der Waals surface area contributed by atoms with E-state index in [1.165, 1.54) is 6.33 Å². The Bertz CT molecular complexity index is 1250. The average Bonchev–Trinajstić information content (AvgIpc) is 3.22. The minimum atomic E-state index is -0.723. The second-order valence-electron chi connectivity index (χ2n) is 6.97. The van der Waals surface area contributed by atoms with Crippen molar-refractivity contribution in [1.29, 1.82) is 5.26 Å². The van der Waals surface area contributed by atoms with Gasteiger partial charge in [0.1, 0.15) is 18.1 Å². The summed E-state index contributed by atoms with van der Waals surface area (Å²) in [7, 11) is 1.87. The molecule has 4 aromatic rings. The van der Waals surface area contributed by atoms with E-state index >= 15 is 0 Å². The van der Waals surface area contributed by atoms with Crippen LogP contribution in [-0.2, 0) is 13.6 Å². The Morgan fingerprint density at radius 1 is 1.12 bits per heavy atom. The van der Waals surface area contributed by atoms with Gasteiger partial charge in [-0.05, 0) is 29.8 Å². The van der Waals surface area contributed by atoms with Crippen LogP contribution in [-0.4, -0.2) is 30.6 Å². The van der Waals surface area contributed by atoms with Crippen molar-refractivity contribution < 1.29 is 4.79 Å². The van der Waals surface area contributed by atoms with Crippen LogP contribution in [0.5, 0.6) is 0 Å². The minimum Gasteiger partial charge on any atom is -0.378 e. The number of nitrogens with one attached hydrogen (secondary N) is 2. The summed E-state index contributed by atoms with van der Waals surface area (Å²) in [6.45, 7) is 0.407. The largest absolute Gasteiger partial charge is 0.378 e. The minimum absolute atomic E-state index is 0.325. The summed E-state index contributed by atoms with van der Waals surface area (Å²) in [6.07, 6.45) is 3.12. The molecular formula is C23H20N8O. The van der Waals surface area contributed by atoms with Gasteiger partial charge in [-0.25, -0.2) is 9.97 Å². The molecule has 0 aliphatic heterocycles. The zero-order chi connectivity index (χ0) is 22.3. The van der Waals surface area contributed by atoms with Gasteiger partial charge >= 0.3 is 0 Å². The van der Waals surface area contributed by atoms with Gasteiger partial charge in [0, 0.05) is 24.5 Å². The van der Waals surface area contributed by atoms with Crippen LogP contribution in [0.1, 0.15) is 27.8 Å². The molecule has 0 saturated carbocycles. The summed E-state index contributed by atoms with van der Waals surface area (Å²) >= 11 is 0. The third-order valence-corrected chi connectivity index (χ3v) is 4.89. The summed E-state index contributed by atoms with van der Waals surface area (Å²) in [6, 6.07) is 19.4. The summed E-state index contributed by atoms with van der Waals surface area (Å²) < 4.78 is 1.85. The van der Waals surface area contributed by atoms with Crippen molar-refractivity contribution in [3.8, 4) is 17.6 Å². The number of carbonyl (C=O) groups excluding carboxylic acids is 1. The van der Waals surface area contributed by atoms with E-state index in [0.717, 1.165) is 11.3 Å². The Morgan fingerprint density at radius 3 is 2.72 bits per heavy atom. The molecule has 0 spiro atoms. The standard InChI is InChI=1S/C23H20N8O/c1-31-21(29-30-22(31)19-10-11-25-15-27-19)14-26-18-9-5-8-17(12-18)23(32)28-20(13-24)16-6-3-2-4-7-16/h2-12,15,20,26H,14H2,1H3,(H,28,32)/t20-/m1/s1. The van der Waals surface area contributed by atoms with E-state index in [0.29, 0.717) is 29.5 Å². The fraction of sp³-hybridized carbons (Fsp3) is 0.130. The number of nitriles is 1. The molecule has 2 heterocycles. The van der Waals surface area contributed by atoms with Gasteiger partial charge < -0.3 is 15.2 Å². The van der Waals surface area contributed by atoms with Crippen LogP contribution < -0.4 is 10.6 Å². The highest BCUT2D eigenvalue weighted by Gasteiger charge is 2.16. The predicted molar refractivity (Wildman–Crippen MR) is 118 cm³/mol. The molecule has 0 aliphatic carbocycles. The summed E-state index contributed by atoms with van der Waals surface area (Å²) in [4.78, 5) is 20.8. The average molecular weight is 424 g/mol. The Kier molecular flexibility index (Phi) is 6.13. The second-order valence-corrected chi connectivity index (χ2v) is 6.97. The highest BCUT2D eigenvalue weighted by Crippen LogP contribution is 2.17. The van der Waals surface area contributed by atoms with Crippen LogP contribution in [0.15, 0.2) is 73.2 Å². The fourth-order valence-corrected chi connectivity index (χ4v) is 3.16. The van der Waals surface area contributed by atoms with Gasteiger partial charge in [-0.2, -0.15) is 5.26 Å². The quantitative estimate of drug-likeness (QED) is 0.468. The van der Waals surface area contributed by atoms with Crippen LogP contribution in [0.2, 0.25) is 0 Å². The van der Waals surface area contributed by atoms with Crippen molar-refractivity contribution in [2.45, 2.75) is 12.6 Å². The maximum atomic E-state index is 12.7. The molecule has 2 aromatic heterocycles. The first-order valence-corrected chi connectivity index (χ1v) is 9.89. The number of hydrogen-bond donors (Lipinski definition) is 2. The Hall–Kier alpha value is -4.58. The predicted octanol–water partition coefficient (Wildman–Crippen LogP) is 2.88. The molecular weight excluding hydrogens is 404 g/mol. The molecule has 2 N–H and O–H groups in total. The monoisotopic (exact) mass is 424 g/mol. The van der Waals surface area contributed by atoms with Crippen molar-refractivity contribution in [3.05, 3.63) is 90.1 Å². The number of anilines is 1. The number of carbonyl (C=O) groups is 1. The zero-order valence-corrected chi connectivity index (χ0v) is 17.3. The molecule has 2 aromatic carbocycles. The SMILES string of the molecule is Cn1c(CNc2cccc(C(=O)N[C@H](C#N)c3ccccc3)c2)nnc1-c1ccncn1. The molecule has 0 aliphatic rings. The number of hydrogen-bond acceptors (Lipinski definition) is 7. The van der Waals surface area contributed by atoms with Gasteiger partial charge in [0.05, 0.1) is 12.6 Å². The number of amides is 1. The van der Waals surface area contributed by atoms with Crippen molar-refractivity contribution in [1.82, 2.24) is 30.0 Å². The van der Waals surface area contributed by atoms with E-state index in [1.54, 1.807) is 30.5 Å². The molecule has 9 nitrogen and oxygen atoms in total. The van der Waals surface area contributed by atoms with E-state index < -0.39 is 6.04 Å². The van der Waals surface area contributed by atoms with Crippen LogP contribution >= 0.6 is 0 Å². The van der Waals surface area contributed by atoms with Gasteiger partial charge in [0.25, 0.3) is 5.91 Å². The number of nitrogens with zero attached hydrogens (tertiary/aromatic N) is 6. The smallest absolute Gasteiger partial charge is 0.252 e. The first kappa shape index (κ1) is 20.7. The Labute approximate surface area is 184 Å².